The van der Waals surface area contributed by atoms with E-state index in [-0.39, 0.29) is 17.4 Å². The fourth-order valence-electron chi connectivity index (χ4n) is 3.05. The first-order chi connectivity index (χ1) is 9.15. The summed E-state index contributed by atoms with van der Waals surface area (Å²) in [5.74, 6) is 0.0174. The van der Waals surface area contributed by atoms with Gasteiger partial charge in [-0.05, 0) is 43.5 Å². The first-order valence-electron chi connectivity index (χ1n) is 6.70. The van der Waals surface area contributed by atoms with E-state index in [0.717, 1.165) is 19.6 Å². The minimum atomic E-state index is -0.249. The summed E-state index contributed by atoms with van der Waals surface area (Å²) in [7, 11) is 0. The molecule has 0 saturated carbocycles. The van der Waals surface area contributed by atoms with E-state index in [9.17, 15) is 15.0 Å². The summed E-state index contributed by atoms with van der Waals surface area (Å²) in [5, 5.41) is 22.2. The van der Waals surface area contributed by atoms with Gasteiger partial charge in [-0.1, -0.05) is 0 Å². The molecule has 1 aromatic rings. The summed E-state index contributed by atoms with van der Waals surface area (Å²) in [6.45, 7) is 2.53. The number of hydrogen-bond acceptors (Lipinski definition) is 4. The third-order valence-corrected chi connectivity index (χ3v) is 4.11. The van der Waals surface area contributed by atoms with E-state index >= 15 is 0 Å². The second-order valence-electron chi connectivity index (χ2n) is 5.38. The molecule has 5 heteroatoms. The smallest absolute Gasteiger partial charge is 0.254 e. The van der Waals surface area contributed by atoms with Crippen LogP contribution >= 0.6 is 0 Å². The highest BCUT2D eigenvalue weighted by Crippen LogP contribution is 2.29. The Hall–Kier alpha value is -1.75. The minimum Gasteiger partial charge on any atom is -0.504 e. The molecule has 1 amide bonds. The molecule has 2 atom stereocenters. The number of piperidine rings is 1. The van der Waals surface area contributed by atoms with Crippen LogP contribution in [0.4, 0.5) is 0 Å². The number of phenolic OH excluding ortho intramolecular Hbond substituents is 2. The normalized spacial score (nSPS) is 26.2. The molecule has 0 bridgehead atoms. The highest BCUT2D eigenvalue weighted by Gasteiger charge is 2.36. The molecule has 2 saturated heterocycles. The van der Waals surface area contributed by atoms with Crippen molar-refractivity contribution < 1.29 is 15.0 Å². The molecule has 1 aromatic carbocycles. The molecule has 0 aliphatic carbocycles. The van der Waals surface area contributed by atoms with Crippen LogP contribution in [-0.4, -0.2) is 46.7 Å². The van der Waals surface area contributed by atoms with Gasteiger partial charge in [0.2, 0.25) is 0 Å². The van der Waals surface area contributed by atoms with Crippen molar-refractivity contribution in [3.63, 3.8) is 0 Å². The van der Waals surface area contributed by atoms with Crippen LogP contribution in [0.25, 0.3) is 0 Å². The highest BCUT2D eigenvalue weighted by molar-refractivity contribution is 5.95. The Morgan fingerprint density at radius 1 is 1.26 bits per heavy atom. The van der Waals surface area contributed by atoms with Gasteiger partial charge in [0.1, 0.15) is 0 Å². The number of aromatic hydroxyl groups is 2. The number of nitrogens with zero attached hydrogens (tertiary/aromatic N) is 1. The van der Waals surface area contributed by atoms with Gasteiger partial charge in [0, 0.05) is 24.7 Å². The van der Waals surface area contributed by atoms with Gasteiger partial charge in [0.15, 0.2) is 11.5 Å². The van der Waals surface area contributed by atoms with Crippen molar-refractivity contribution >= 4 is 5.91 Å². The van der Waals surface area contributed by atoms with E-state index in [1.807, 2.05) is 4.90 Å². The van der Waals surface area contributed by atoms with E-state index in [1.165, 1.54) is 25.0 Å². The quantitative estimate of drug-likeness (QED) is 0.658. The predicted octanol–water partition coefficient (Wildman–Crippen LogP) is 0.922. The van der Waals surface area contributed by atoms with E-state index in [4.69, 9.17) is 0 Å². The Morgan fingerprint density at radius 3 is 2.84 bits per heavy atom. The first kappa shape index (κ1) is 12.3. The Labute approximate surface area is 111 Å². The van der Waals surface area contributed by atoms with Crippen LogP contribution < -0.4 is 5.32 Å². The molecule has 2 heterocycles. The summed E-state index contributed by atoms with van der Waals surface area (Å²) < 4.78 is 0. The SMILES string of the molecule is O=C(c1ccc(O)c(O)c1)N1C[C@@H]2CCCN[C@@H]2C1. The molecule has 3 N–H and O–H groups in total. The van der Waals surface area contributed by atoms with Gasteiger partial charge in [-0.25, -0.2) is 0 Å². The van der Waals surface area contributed by atoms with Gasteiger partial charge in [-0.3, -0.25) is 4.79 Å². The van der Waals surface area contributed by atoms with E-state index in [1.54, 1.807) is 6.07 Å². The number of phenols is 2. The maximum Gasteiger partial charge on any atom is 0.254 e. The van der Waals surface area contributed by atoms with Gasteiger partial charge in [0.05, 0.1) is 0 Å². The topological polar surface area (TPSA) is 72.8 Å². The molecular weight excluding hydrogens is 244 g/mol. The number of fused-ring (bicyclic) bond motifs is 1. The molecule has 19 heavy (non-hydrogen) atoms. The number of nitrogens with one attached hydrogen (secondary N) is 1. The van der Waals surface area contributed by atoms with Crippen molar-refractivity contribution in [2.75, 3.05) is 19.6 Å². The van der Waals surface area contributed by atoms with Crippen molar-refractivity contribution in [1.82, 2.24) is 10.2 Å². The van der Waals surface area contributed by atoms with Crippen LogP contribution in [0.1, 0.15) is 23.2 Å². The molecule has 0 spiro atoms. The maximum absolute atomic E-state index is 12.4. The molecule has 5 nitrogen and oxygen atoms in total. The number of hydrogen-bond donors (Lipinski definition) is 3. The summed E-state index contributed by atoms with van der Waals surface area (Å²) in [6.07, 6.45) is 2.34. The number of benzene rings is 1. The number of amides is 1. The monoisotopic (exact) mass is 262 g/mol. The summed E-state index contributed by atoms with van der Waals surface area (Å²) >= 11 is 0. The Morgan fingerprint density at radius 2 is 2.11 bits per heavy atom. The van der Waals surface area contributed by atoms with Crippen molar-refractivity contribution in [3.8, 4) is 11.5 Å². The van der Waals surface area contributed by atoms with Crippen molar-refractivity contribution in [1.29, 1.82) is 0 Å². The third kappa shape index (κ3) is 2.26. The Kier molecular flexibility index (Phi) is 3.06. The molecule has 2 aliphatic rings. The lowest BCUT2D eigenvalue weighted by molar-refractivity contribution is 0.0785. The van der Waals surface area contributed by atoms with Crippen molar-refractivity contribution in [2.24, 2.45) is 5.92 Å². The standard InChI is InChI=1S/C14H18N2O3/c17-12-4-3-9(6-13(12)18)14(19)16-7-10-2-1-5-15-11(10)8-16/h3-4,6,10-11,15,17-18H,1-2,5,7-8H2/t10-,11+/m0/s1. The lowest BCUT2D eigenvalue weighted by Crippen LogP contribution is -2.41. The number of carbonyl (C=O) groups excluding carboxylic acids is 1. The summed E-state index contributed by atoms with van der Waals surface area (Å²) in [5.41, 5.74) is 0.425. The zero-order valence-electron chi connectivity index (χ0n) is 10.7. The zero-order valence-corrected chi connectivity index (χ0v) is 10.7. The summed E-state index contributed by atoms with van der Waals surface area (Å²) in [4.78, 5) is 14.2. The first-order valence-corrected chi connectivity index (χ1v) is 6.70. The highest BCUT2D eigenvalue weighted by atomic mass is 16.3. The van der Waals surface area contributed by atoms with Crippen LogP contribution in [0.2, 0.25) is 0 Å². The van der Waals surface area contributed by atoms with Crippen LogP contribution in [0.15, 0.2) is 18.2 Å². The van der Waals surface area contributed by atoms with Crippen LogP contribution in [0, 0.1) is 5.92 Å². The zero-order chi connectivity index (χ0) is 13.4. The third-order valence-electron chi connectivity index (χ3n) is 4.11. The fraction of sp³-hybridized carbons (Fsp3) is 0.500. The molecule has 0 radical (unpaired) electrons. The molecule has 0 aromatic heterocycles. The van der Waals surface area contributed by atoms with Crippen LogP contribution in [0.5, 0.6) is 11.5 Å². The van der Waals surface area contributed by atoms with Crippen LogP contribution in [0.3, 0.4) is 0 Å². The van der Waals surface area contributed by atoms with E-state index in [0.29, 0.717) is 17.5 Å². The van der Waals surface area contributed by atoms with E-state index in [2.05, 4.69) is 5.32 Å². The van der Waals surface area contributed by atoms with Gasteiger partial charge in [0.25, 0.3) is 5.91 Å². The van der Waals surface area contributed by atoms with Crippen LogP contribution in [-0.2, 0) is 0 Å². The average molecular weight is 262 g/mol. The largest absolute Gasteiger partial charge is 0.504 e. The second kappa shape index (κ2) is 4.74. The molecule has 102 valence electrons. The molecular formula is C14H18N2O3. The summed E-state index contributed by atoms with van der Waals surface area (Å²) in [6, 6.07) is 4.63. The number of rotatable bonds is 1. The van der Waals surface area contributed by atoms with Gasteiger partial charge < -0.3 is 20.4 Å². The van der Waals surface area contributed by atoms with E-state index < -0.39 is 0 Å². The molecule has 2 aliphatic heterocycles. The maximum atomic E-state index is 12.4. The number of likely N-dealkylation sites (tertiary alicyclic amines) is 1. The minimum absolute atomic E-state index is 0.0773. The number of carbonyl (C=O) groups is 1. The Bertz CT molecular complexity index is 489. The predicted molar refractivity (Wildman–Crippen MR) is 70.2 cm³/mol. The van der Waals surface area contributed by atoms with Crippen molar-refractivity contribution in [3.05, 3.63) is 23.8 Å². The lowest BCUT2D eigenvalue weighted by Gasteiger charge is -2.24. The van der Waals surface area contributed by atoms with Crippen molar-refractivity contribution in [2.45, 2.75) is 18.9 Å². The molecule has 3 rings (SSSR count). The van der Waals surface area contributed by atoms with Gasteiger partial charge in [-0.15, -0.1) is 0 Å². The molecule has 0 unspecified atom stereocenters. The Balaban J connectivity index is 1.75. The lowest BCUT2D eigenvalue weighted by atomic mass is 9.94. The average Bonchev–Trinajstić information content (AvgIpc) is 2.85. The van der Waals surface area contributed by atoms with Gasteiger partial charge in [-0.2, -0.15) is 0 Å². The van der Waals surface area contributed by atoms with Gasteiger partial charge >= 0.3 is 0 Å². The fourth-order valence-corrected chi connectivity index (χ4v) is 3.05. The molecule has 2 fully saturated rings. The second-order valence-corrected chi connectivity index (χ2v) is 5.38.